The molecule has 1 aromatic carbocycles. The van der Waals surface area contributed by atoms with E-state index in [2.05, 4.69) is 20.5 Å². The first-order chi connectivity index (χ1) is 13.4. The van der Waals surface area contributed by atoms with Crippen molar-refractivity contribution in [1.82, 2.24) is 10.3 Å². The molecule has 28 heavy (non-hydrogen) atoms. The van der Waals surface area contributed by atoms with E-state index in [4.69, 9.17) is 0 Å². The van der Waals surface area contributed by atoms with Crippen LogP contribution in [-0.4, -0.2) is 24.1 Å². The highest BCUT2D eigenvalue weighted by Crippen LogP contribution is 2.29. The predicted octanol–water partition coefficient (Wildman–Crippen LogP) is 4.80. The van der Waals surface area contributed by atoms with Gasteiger partial charge in [-0.25, -0.2) is 9.78 Å². The van der Waals surface area contributed by atoms with Gasteiger partial charge in [0, 0.05) is 31.5 Å². The first-order valence-corrected chi connectivity index (χ1v) is 9.34. The molecule has 1 aliphatic rings. The van der Waals surface area contributed by atoms with Crippen LogP contribution in [0.1, 0.15) is 36.8 Å². The molecule has 0 radical (unpaired) electrons. The quantitative estimate of drug-likeness (QED) is 0.786. The summed E-state index contributed by atoms with van der Waals surface area (Å²) in [6.45, 7) is 2.31. The van der Waals surface area contributed by atoms with Gasteiger partial charge in [0.1, 0.15) is 5.82 Å². The van der Waals surface area contributed by atoms with Gasteiger partial charge in [-0.15, -0.1) is 0 Å². The van der Waals surface area contributed by atoms with Crippen LogP contribution in [0.25, 0.3) is 0 Å². The highest BCUT2D eigenvalue weighted by molar-refractivity contribution is 5.89. The molecule has 2 amide bonds. The second kappa shape index (κ2) is 8.95. The molecule has 2 N–H and O–H groups in total. The number of carbonyl (C=O) groups is 1. The third kappa shape index (κ3) is 5.61. The number of pyridine rings is 1. The zero-order chi connectivity index (χ0) is 20.0. The largest absolute Gasteiger partial charge is 0.416 e. The maximum absolute atomic E-state index is 12.5. The van der Waals surface area contributed by atoms with Gasteiger partial charge in [0.05, 0.1) is 5.56 Å². The number of amides is 2. The van der Waals surface area contributed by atoms with Crippen LogP contribution in [-0.2, 0) is 12.7 Å². The molecule has 1 saturated heterocycles. The SMILES string of the molecule is O=C(NCc1ccc(N2CCCCCC2)nc1)Nc1ccc(C(F)(F)F)cc1. The van der Waals surface area contributed by atoms with Gasteiger partial charge < -0.3 is 15.5 Å². The summed E-state index contributed by atoms with van der Waals surface area (Å²) < 4.78 is 37.6. The Kier molecular flexibility index (Phi) is 6.38. The van der Waals surface area contributed by atoms with Crippen LogP contribution in [0, 0.1) is 0 Å². The Morgan fingerprint density at radius 3 is 2.25 bits per heavy atom. The van der Waals surface area contributed by atoms with E-state index >= 15 is 0 Å². The molecule has 2 aromatic rings. The van der Waals surface area contributed by atoms with Crippen LogP contribution in [0.15, 0.2) is 42.6 Å². The fourth-order valence-corrected chi connectivity index (χ4v) is 3.11. The molecule has 150 valence electrons. The van der Waals surface area contributed by atoms with Crippen molar-refractivity contribution in [3.05, 3.63) is 53.7 Å². The van der Waals surface area contributed by atoms with Gasteiger partial charge >= 0.3 is 12.2 Å². The number of anilines is 2. The third-order valence-corrected chi connectivity index (χ3v) is 4.66. The number of urea groups is 1. The maximum Gasteiger partial charge on any atom is 0.416 e. The van der Waals surface area contributed by atoms with Gasteiger partial charge in [-0.05, 0) is 48.7 Å². The number of benzene rings is 1. The van der Waals surface area contributed by atoms with Gasteiger partial charge in [0.2, 0.25) is 0 Å². The summed E-state index contributed by atoms with van der Waals surface area (Å²) in [6.07, 6.45) is 2.20. The maximum atomic E-state index is 12.5. The number of nitrogens with zero attached hydrogens (tertiary/aromatic N) is 2. The summed E-state index contributed by atoms with van der Waals surface area (Å²) in [7, 11) is 0. The Hall–Kier alpha value is -2.77. The van der Waals surface area contributed by atoms with Crippen molar-refractivity contribution in [3.8, 4) is 0 Å². The Balaban J connectivity index is 1.49. The summed E-state index contributed by atoms with van der Waals surface area (Å²) in [5.41, 5.74) is 0.385. The van der Waals surface area contributed by atoms with Crippen LogP contribution < -0.4 is 15.5 Å². The van der Waals surface area contributed by atoms with Crippen molar-refractivity contribution >= 4 is 17.5 Å². The Bertz CT molecular complexity index is 768. The Morgan fingerprint density at radius 1 is 1.00 bits per heavy atom. The minimum atomic E-state index is -4.40. The molecule has 3 rings (SSSR count). The molecule has 0 spiro atoms. The molecule has 8 heteroatoms. The van der Waals surface area contributed by atoms with Gasteiger partial charge in [-0.3, -0.25) is 0 Å². The van der Waals surface area contributed by atoms with Crippen molar-refractivity contribution < 1.29 is 18.0 Å². The van der Waals surface area contributed by atoms with Gasteiger partial charge in [0.15, 0.2) is 0 Å². The third-order valence-electron chi connectivity index (χ3n) is 4.66. The summed E-state index contributed by atoms with van der Waals surface area (Å²) in [5, 5.41) is 5.19. The standard InChI is InChI=1S/C20H23F3N4O/c21-20(22,23)16-6-8-17(9-7-16)26-19(28)25-14-15-5-10-18(24-13-15)27-11-3-1-2-4-12-27/h5-10,13H,1-4,11-12,14H2,(H2,25,26,28). The van der Waals surface area contributed by atoms with E-state index in [1.807, 2.05) is 12.1 Å². The fourth-order valence-electron chi connectivity index (χ4n) is 3.11. The average Bonchev–Trinajstić information content (AvgIpc) is 2.96. The topological polar surface area (TPSA) is 57.3 Å². The summed E-state index contributed by atoms with van der Waals surface area (Å²) in [5.74, 6) is 0.944. The van der Waals surface area contributed by atoms with E-state index in [0.29, 0.717) is 5.69 Å². The second-order valence-electron chi connectivity index (χ2n) is 6.81. The molecule has 0 saturated carbocycles. The normalized spacial score (nSPS) is 15.0. The smallest absolute Gasteiger partial charge is 0.357 e. The number of rotatable bonds is 4. The lowest BCUT2D eigenvalue weighted by Crippen LogP contribution is -2.28. The van der Waals surface area contributed by atoms with Crippen LogP contribution in [0.3, 0.4) is 0 Å². The average molecular weight is 392 g/mol. The number of hydrogen-bond acceptors (Lipinski definition) is 3. The van der Waals surface area contributed by atoms with Crippen molar-refractivity contribution in [2.75, 3.05) is 23.3 Å². The molecule has 5 nitrogen and oxygen atoms in total. The van der Waals surface area contributed by atoms with Crippen LogP contribution in [0.4, 0.5) is 29.5 Å². The monoisotopic (exact) mass is 392 g/mol. The molecule has 0 bridgehead atoms. The van der Waals surface area contributed by atoms with E-state index < -0.39 is 17.8 Å². The molecule has 0 aliphatic carbocycles. The first-order valence-electron chi connectivity index (χ1n) is 9.34. The van der Waals surface area contributed by atoms with E-state index in [-0.39, 0.29) is 6.54 Å². The zero-order valence-electron chi connectivity index (χ0n) is 15.4. The Labute approximate surface area is 162 Å². The van der Waals surface area contributed by atoms with Crippen molar-refractivity contribution in [2.45, 2.75) is 38.4 Å². The van der Waals surface area contributed by atoms with E-state index in [1.54, 1.807) is 6.20 Å². The van der Waals surface area contributed by atoms with Crippen LogP contribution in [0.5, 0.6) is 0 Å². The predicted molar refractivity (Wildman–Crippen MR) is 102 cm³/mol. The lowest BCUT2D eigenvalue weighted by atomic mass is 10.2. The van der Waals surface area contributed by atoms with Crippen molar-refractivity contribution in [3.63, 3.8) is 0 Å². The van der Waals surface area contributed by atoms with E-state index in [9.17, 15) is 18.0 Å². The van der Waals surface area contributed by atoms with Gasteiger partial charge in [-0.1, -0.05) is 18.9 Å². The number of alkyl halides is 3. The minimum absolute atomic E-state index is 0.278. The van der Waals surface area contributed by atoms with E-state index in [0.717, 1.165) is 36.6 Å². The van der Waals surface area contributed by atoms with Gasteiger partial charge in [-0.2, -0.15) is 13.2 Å². The molecule has 1 aliphatic heterocycles. The van der Waals surface area contributed by atoms with E-state index in [1.165, 1.54) is 37.8 Å². The molecule has 2 heterocycles. The molecule has 1 fully saturated rings. The number of hydrogen-bond donors (Lipinski definition) is 2. The number of nitrogens with one attached hydrogen (secondary N) is 2. The summed E-state index contributed by atoms with van der Waals surface area (Å²) >= 11 is 0. The number of halogens is 3. The molecular formula is C20H23F3N4O. The summed E-state index contributed by atoms with van der Waals surface area (Å²) in [4.78, 5) is 18.7. The van der Waals surface area contributed by atoms with Gasteiger partial charge in [0.25, 0.3) is 0 Å². The van der Waals surface area contributed by atoms with Crippen molar-refractivity contribution in [2.24, 2.45) is 0 Å². The van der Waals surface area contributed by atoms with Crippen LogP contribution >= 0.6 is 0 Å². The Morgan fingerprint density at radius 2 is 1.68 bits per heavy atom. The summed E-state index contributed by atoms with van der Waals surface area (Å²) in [6, 6.07) is 7.69. The highest BCUT2D eigenvalue weighted by Gasteiger charge is 2.29. The zero-order valence-corrected chi connectivity index (χ0v) is 15.4. The molecule has 1 aromatic heterocycles. The molecule has 0 atom stereocenters. The molecule has 0 unspecified atom stereocenters. The van der Waals surface area contributed by atoms with Crippen molar-refractivity contribution in [1.29, 1.82) is 0 Å². The lowest BCUT2D eigenvalue weighted by molar-refractivity contribution is -0.137. The second-order valence-corrected chi connectivity index (χ2v) is 6.81. The fraction of sp³-hybridized carbons (Fsp3) is 0.400. The lowest BCUT2D eigenvalue weighted by Gasteiger charge is -2.21. The first kappa shape index (κ1) is 20.0. The highest BCUT2D eigenvalue weighted by atomic mass is 19.4. The molecular weight excluding hydrogens is 369 g/mol. The number of aromatic nitrogens is 1. The minimum Gasteiger partial charge on any atom is -0.357 e. The van der Waals surface area contributed by atoms with Crippen LogP contribution in [0.2, 0.25) is 0 Å². The number of carbonyl (C=O) groups excluding carboxylic acids is 1.